The summed E-state index contributed by atoms with van der Waals surface area (Å²) in [6, 6.07) is 5.75. The molecule has 1 aromatic carbocycles. The minimum Gasteiger partial charge on any atom is -0.383 e. The SMILES string of the molecule is COCCNc1cc(N2CCN(C)CC2)ccc1C(=O)Cl. The Bertz CT molecular complexity index is 488. The highest BCUT2D eigenvalue weighted by Crippen LogP contribution is 2.26. The van der Waals surface area contributed by atoms with Crippen LogP contribution in [0.2, 0.25) is 0 Å². The number of nitrogens with zero attached hydrogens (tertiary/aromatic N) is 2. The predicted molar refractivity (Wildman–Crippen MR) is 86.7 cm³/mol. The van der Waals surface area contributed by atoms with Crippen LogP contribution in [0.25, 0.3) is 0 Å². The first-order chi connectivity index (χ1) is 10.1. The van der Waals surface area contributed by atoms with Crippen LogP contribution in [0.4, 0.5) is 11.4 Å². The number of nitrogens with one attached hydrogen (secondary N) is 1. The number of piperazine rings is 1. The quantitative estimate of drug-likeness (QED) is 0.642. The van der Waals surface area contributed by atoms with Crippen LogP contribution in [0.1, 0.15) is 10.4 Å². The molecule has 1 N–H and O–H groups in total. The molecule has 0 saturated carbocycles. The maximum Gasteiger partial charge on any atom is 0.254 e. The summed E-state index contributed by atoms with van der Waals surface area (Å²) in [7, 11) is 3.78. The molecule has 0 atom stereocenters. The van der Waals surface area contributed by atoms with Gasteiger partial charge < -0.3 is 19.9 Å². The van der Waals surface area contributed by atoms with Crippen LogP contribution in [0.5, 0.6) is 0 Å². The van der Waals surface area contributed by atoms with E-state index in [1.54, 1.807) is 13.2 Å². The van der Waals surface area contributed by atoms with Crippen molar-refractivity contribution < 1.29 is 9.53 Å². The number of hydrogen-bond donors (Lipinski definition) is 1. The predicted octanol–water partition coefficient (Wildman–Crippen LogP) is 1.88. The number of rotatable bonds is 6. The van der Waals surface area contributed by atoms with E-state index < -0.39 is 5.24 Å². The molecule has 1 fully saturated rings. The fourth-order valence-electron chi connectivity index (χ4n) is 2.40. The van der Waals surface area contributed by atoms with E-state index in [4.69, 9.17) is 16.3 Å². The molecule has 0 amide bonds. The summed E-state index contributed by atoms with van der Waals surface area (Å²) >= 11 is 5.65. The number of halogens is 1. The fraction of sp³-hybridized carbons (Fsp3) is 0.533. The summed E-state index contributed by atoms with van der Waals surface area (Å²) in [5.74, 6) is 0. The topological polar surface area (TPSA) is 44.8 Å². The Morgan fingerprint density at radius 3 is 2.67 bits per heavy atom. The molecule has 2 rings (SSSR count). The first-order valence-electron chi connectivity index (χ1n) is 7.12. The minimum atomic E-state index is -0.445. The fourth-order valence-corrected chi connectivity index (χ4v) is 2.56. The molecule has 1 aliphatic heterocycles. The van der Waals surface area contributed by atoms with Crippen LogP contribution >= 0.6 is 11.6 Å². The smallest absolute Gasteiger partial charge is 0.254 e. The van der Waals surface area contributed by atoms with E-state index >= 15 is 0 Å². The van der Waals surface area contributed by atoms with Gasteiger partial charge in [0.2, 0.25) is 0 Å². The van der Waals surface area contributed by atoms with Gasteiger partial charge in [0.1, 0.15) is 0 Å². The van der Waals surface area contributed by atoms with Crippen LogP contribution in [0.3, 0.4) is 0 Å². The molecule has 1 heterocycles. The number of carbonyl (C=O) groups is 1. The van der Waals surface area contributed by atoms with Crippen molar-refractivity contribution in [1.82, 2.24) is 4.90 Å². The molecule has 5 nitrogen and oxygen atoms in total. The van der Waals surface area contributed by atoms with Crippen molar-refractivity contribution in [1.29, 1.82) is 0 Å². The molecule has 116 valence electrons. The standard InChI is InChI=1S/C15H22ClN3O2/c1-18-6-8-19(9-7-18)12-3-4-13(15(16)20)14(11-12)17-5-10-21-2/h3-4,11,17H,5-10H2,1-2H3. The highest BCUT2D eigenvalue weighted by molar-refractivity contribution is 6.68. The normalized spacial score (nSPS) is 16.0. The first kappa shape index (κ1) is 16.1. The third-order valence-electron chi connectivity index (χ3n) is 3.70. The number of likely N-dealkylation sites (N-methyl/N-ethyl adjacent to an activating group) is 1. The molecule has 0 radical (unpaired) electrons. The van der Waals surface area contributed by atoms with Crippen LogP contribution in [-0.4, -0.2) is 63.6 Å². The second-order valence-corrected chi connectivity index (χ2v) is 5.56. The lowest BCUT2D eigenvalue weighted by Crippen LogP contribution is -2.44. The number of carbonyl (C=O) groups excluding carboxylic acids is 1. The van der Waals surface area contributed by atoms with Crippen molar-refractivity contribution >= 4 is 28.2 Å². The largest absolute Gasteiger partial charge is 0.383 e. The summed E-state index contributed by atoms with van der Waals surface area (Å²) in [6.45, 7) is 5.28. The van der Waals surface area contributed by atoms with E-state index in [0.717, 1.165) is 37.6 Å². The van der Waals surface area contributed by atoms with Gasteiger partial charge in [-0.05, 0) is 36.8 Å². The van der Waals surface area contributed by atoms with Gasteiger partial charge in [0.15, 0.2) is 0 Å². The Kier molecular flexibility index (Phi) is 5.85. The molecule has 0 spiro atoms. The zero-order valence-corrected chi connectivity index (χ0v) is 13.3. The van der Waals surface area contributed by atoms with E-state index in [1.165, 1.54) is 0 Å². The van der Waals surface area contributed by atoms with Gasteiger partial charge in [0.05, 0.1) is 12.2 Å². The monoisotopic (exact) mass is 311 g/mol. The van der Waals surface area contributed by atoms with E-state index in [9.17, 15) is 4.79 Å². The van der Waals surface area contributed by atoms with Gasteiger partial charge >= 0.3 is 0 Å². The second-order valence-electron chi connectivity index (χ2n) is 5.21. The van der Waals surface area contributed by atoms with Crippen molar-refractivity contribution in [3.05, 3.63) is 23.8 Å². The number of methoxy groups -OCH3 is 1. The van der Waals surface area contributed by atoms with E-state index in [0.29, 0.717) is 18.7 Å². The second kappa shape index (κ2) is 7.64. The number of ether oxygens (including phenoxy) is 1. The maximum atomic E-state index is 11.5. The third kappa shape index (κ3) is 4.33. The molecule has 1 aliphatic rings. The molecule has 1 aromatic rings. The summed E-state index contributed by atoms with van der Waals surface area (Å²) in [4.78, 5) is 16.1. The maximum absolute atomic E-state index is 11.5. The van der Waals surface area contributed by atoms with Gasteiger partial charge in [0, 0.05) is 51.2 Å². The van der Waals surface area contributed by atoms with Gasteiger partial charge in [-0.25, -0.2) is 0 Å². The minimum absolute atomic E-state index is 0.445. The summed E-state index contributed by atoms with van der Waals surface area (Å²) in [5, 5.41) is 2.77. The Morgan fingerprint density at radius 2 is 2.05 bits per heavy atom. The van der Waals surface area contributed by atoms with Crippen molar-refractivity contribution in [2.75, 3.05) is 63.7 Å². The molecule has 0 aromatic heterocycles. The zero-order chi connectivity index (χ0) is 15.2. The number of benzene rings is 1. The van der Waals surface area contributed by atoms with Crippen molar-refractivity contribution in [3.63, 3.8) is 0 Å². The Hall–Kier alpha value is -1.30. The van der Waals surface area contributed by atoms with Gasteiger partial charge in [-0.15, -0.1) is 0 Å². The highest BCUT2D eigenvalue weighted by Gasteiger charge is 2.16. The molecule has 0 bridgehead atoms. The zero-order valence-electron chi connectivity index (χ0n) is 12.6. The van der Waals surface area contributed by atoms with Crippen LogP contribution < -0.4 is 10.2 Å². The summed E-state index contributed by atoms with van der Waals surface area (Å²) in [5.41, 5.74) is 2.39. The summed E-state index contributed by atoms with van der Waals surface area (Å²) < 4.78 is 5.03. The number of hydrogen-bond acceptors (Lipinski definition) is 5. The Morgan fingerprint density at radius 1 is 1.33 bits per heavy atom. The Labute approximate surface area is 130 Å². The molecule has 21 heavy (non-hydrogen) atoms. The van der Waals surface area contributed by atoms with Gasteiger partial charge in [-0.3, -0.25) is 4.79 Å². The van der Waals surface area contributed by atoms with Crippen LogP contribution in [0.15, 0.2) is 18.2 Å². The van der Waals surface area contributed by atoms with Crippen LogP contribution in [0, 0.1) is 0 Å². The van der Waals surface area contributed by atoms with Gasteiger partial charge in [-0.2, -0.15) is 0 Å². The highest BCUT2D eigenvalue weighted by atomic mass is 35.5. The lowest BCUT2D eigenvalue weighted by molar-refractivity contribution is 0.108. The lowest BCUT2D eigenvalue weighted by atomic mass is 10.1. The summed E-state index contributed by atoms with van der Waals surface area (Å²) in [6.07, 6.45) is 0. The van der Waals surface area contributed by atoms with E-state index in [1.807, 2.05) is 12.1 Å². The molecule has 0 unspecified atom stereocenters. The van der Waals surface area contributed by atoms with Crippen molar-refractivity contribution in [2.24, 2.45) is 0 Å². The molecule has 0 aliphatic carbocycles. The van der Waals surface area contributed by atoms with Crippen LogP contribution in [-0.2, 0) is 4.74 Å². The van der Waals surface area contributed by atoms with Crippen molar-refractivity contribution in [2.45, 2.75) is 0 Å². The molecular weight excluding hydrogens is 290 g/mol. The van der Waals surface area contributed by atoms with E-state index in [2.05, 4.69) is 22.2 Å². The van der Waals surface area contributed by atoms with Gasteiger partial charge in [-0.1, -0.05) is 0 Å². The average molecular weight is 312 g/mol. The van der Waals surface area contributed by atoms with Crippen molar-refractivity contribution in [3.8, 4) is 0 Å². The van der Waals surface area contributed by atoms with E-state index in [-0.39, 0.29) is 0 Å². The van der Waals surface area contributed by atoms with Gasteiger partial charge in [0.25, 0.3) is 5.24 Å². The first-order valence-corrected chi connectivity index (χ1v) is 7.50. The molecule has 1 saturated heterocycles. The Balaban J connectivity index is 2.15. The molecular formula is C15H22ClN3O2. The third-order valence-corrected chi connectivity index (χ3v) is 3.91. The lowest BCUT2D eigenvalue weighted by Gasteiger charge is -2.34. The number of anilines is 2. The molecule has 6 heteroatoms. The average Bonchev–Trinajstić information content (AvgIpc) is 2.48.